The van der Waals surface area contributed by atoms with E-state index in [0.29, 0.717) is 47.4 Å². The first-order valence-electron chi connectivity index (χ1n) is 10.1. The molecule has 0 fully saturated rings. The zero-order valence-electron chi connectivity index (χ0n) is 17.5. The molecule has 0 atom stereocenters. The largest absolute Gasteiger partial charge is 0.455 e. The first-order chi connectivity index (χ1) is 15.8. The second-order valence-electron chi connectivity index (χ2n) is 7.44. The number of hydrogen-bond acceptors (Lipinski definition) is 5. The molecule has 0 saturated carbocycles. The smallest absolute Gasteiger partial charge is 0.418 e. The van der Waals surface area contributed by atoms with Crippen LogP contribution in [0.25, 0.3) is 0 Å². The van der Waals surface area contributed by atoms with Gasteiger partial charge in [-0.3, -0.25) is 14.6 Å². The van der Waals surface area contributed by atoms with Crippen molar-refractivity contribution in [3.63, 3.8) is 0 Å². The molecule has 4 rings (SSSR count). The Hall–Kier alpha value is -3.95. The molecule has 10 heteroatoms. The molecule has 0 spiro atoms. The Morgan fingerprint density at radius 3 is 2.52 bits per heavy atom. The number of aromatic nitrogens is 1. The molecule has 0 aliphatic heterocycles. The predicted molar refractivity (Wildman–Crippen MR) is 114 cm³/mol. The molecule has 2 aromatic heterocycles. The molecule has 2 amide bonds. The molecule has 1 aliphatic rings. The Balaban J connectivity index is 1.59. The fourth-order valence-corrected chi connectivity index (χ4v) is 3.70. The second kappa shape index (κ2) is 8.89. The fourth-order valence-electron chi connectivity index (χ4n) is 3.70. The van der Waals surface area contributed by atoms with Gasteiger partial charge in [0.1, 0.15) is 5.76 Å². The minimum absolute atomic E-state index is 0.0907. The molecule has 2 N–H and O–H groups in total. The molecule has 0 radical (unpaired) electrons. The summed E-state index contributed by atoms with van der Waals surface area (Å²) in [5.74, 6) is -0.796. The lowest BCUT2D eigenvalue weighted by Gasteiger charge is -2.13. The number of halogens is 3. The van der Waals surface area contributed by atoms with Crippen molar-refractivity contribution in [3.8, 4) is 0 Å². The van der Waals surface area contributed by atoms with E-state index in [1.165, 1.54) is 30.6 Å². The van der Waals surface area contributed by atoms with Crippen LogP contribution < -0.4 is 10.7 Å². The number of rotatable bonds is 4. The number of benzene rings is 1. The van der Waals surface area contributed by atoms with Crippen LogP contribution in [0.3, 0.4) is 0 Å². The highest BCUT2D eigenvalue weighted by Crippen LogP contribution is 2.35. The predicted octanol–water partition coefficient (Wildman–Crippen LogP) is 4.72. The van der Waals surface area contributed by atoms with Crippen molar-refractivity contribution >= 4 is 23.2 Å². The number of para-hydroxylation sites is 1. The summed E-state index contributed by atoms with van der Waals surface area (Å²) in [5, 5.41) is 6.52. The number of aryl methyl sites for hydroxylation is 1. The Kier molecular flexibility index (Phi) is 5.99. The summed E-state index contributed by atoms with van der Waals surface area (Å²) in [6.45, 7) is 1.64. The van der Waals surface area contributed by atoms with Crippen LogP contribution in [0.2, 0.25) is 0 Å². The molecular formula is C23H19F3N4O3. The van der Waals surface area contributed by atoms with Gasteiger partial charge in [0.2, 0.25) is 0 Å². The molecule has 2 heterocycles. The normalized spacial score (nSPS) is 14.6. The van der Waals surface area contributed by atoms with Crippen LogP contribution in [-0.4, -0.2) is 22.5 Å². The molecule has 0 unspecified atom stereocenters. The summed E-state index contributed by atoms with van der Waals surface area (Å²) in [4.78, 5) is 28.9. The summed E-state index contributed by atoms with van der Waals surface area (Å²) in [7, 11) is 0. The number of anilines is 1. The zero-order valence-corrected chi connectivity index (χ0v) is 17.5. The summed E-state index contributed by atoms with van der Waals surface area (Å²) >= 11 is 0. The minimum Gasteiger partial charge on any atom is -0.455 e. The van der Waals surface area contributed by atoms with Gasteiger partial charge in [0, 0.05) is 35.5 Å². The molecule has 0 saturated heterocycles. The highest BCUT2D eigenvalue weighted by Gasteiger charge is 2.34. The number of alkyl halides is 3. The first kappa shape index (κ1) is 22.3. The Morgan fingerprint density at radius 1 is 1.06 bits per heavy atom. The standard InChI is InChI=1S/C23H19F3N4O3/c1-13-19-17(29-30-21(31)14-9-11-27-12-10-14)7-4-8-18(19)33-20(13)22(32)28-16-6-3-2-5-15(16)23(24,25)26/h2-3,5-6,9-12H,4,7-8H2,1H3,(H,28,32)(H,30,31)/b29-17+. The van der Waals surface area contributed by atoms with E-state index in [2.05, 4.69) is 20.8 Å². The van der Waals surface area contributed by atoms with Gasteiger partial charge >= 0.3 is 6.18 Å². The summed E-state index contributed by atoms with van der Waals surface area (Å²) in [5.41, 5.74) is 3.14. The van der Waals surface area contributed by atoms with Crippen LogP contribution in [-0.2, 0) is 12.6 Å². The van der Waals surface area contributed by atoms with Gasteiger partial charge in [-0.05, 0) is 44.0 Å². The maximum Gasteiger partial charge on any atom is 0.418 e. The third-order valence-corrected chi connectivity index (χ3v) is 5.25. The van der Waals surface area contributed by atoms with E-state index in [1.807, 2.05) is 0 Å². The summed E-state index contributed by atoms with van der Waals surface area (Å²) in [6.07, 6.45) is 0.129. The molecule has 1 aliphatic carbocycles. The number of pyridine rings is 1. The Labute approximate surface area is 186 Å². The number of fused-ring (bicyclic) bond motifs is 1. The number of hydrazone groups is 1. The quantitative estimate of drug-likeness (QED) is 0.555. The van der Waals surface area contributed by atoms with Gasteiger partial charge in [0.05, 0.1) is 17.0 Å². The van der Waals surface area contributed by atoms with Crippen LogP contribution in [0.15, 0.2) is 58.3 Å². The lowest BCUT2D eigenvalue weighted by molar-refractivity contribution is -0.136. The van der Waals surface area contributed by atoms with Crippen molar-refractivity contribution in [1.29, 1.82) is 0 Å². The lowest BCUT2D eigenvalue weighted by Crippen LogP contribution is -2.22. The molecule has 33 heavy (non-hydrogen) atoms. The summed E-state index contributed by atoms with van der Waals surface area (Å²) < 4.78 is 45.5. The highest BCUT2D eigenvalue weighted by atomic mass is 19.4. The minimum atomic E-state index is -4.62. The second-order valence-corrected chi connectivity index (χ2v) is 7.44. The maximum absolute atomic E-state index is 13.3. The van der Waals surface area contributed by atoms with E-state index in [9.17, 15) is 22.8 Å². The van der Waals surface area contributed by atoms with Crippen LogP contribution in [0.4, 0.5) is 18.9 Å². The SMILES string of the molecule is Cc1c(C(=O)Nc2ccccc2C(F)(F)F)oc2c1/C(=N/NC(=O)c1ccncc1)CCC2. The van der Waals surface area contributed by atoms with Crippen LogP contribution in [0.1, 0.15) is 56.2 Å². The van der Waals surface area contributed by atoms with Crippen molar-refractivity contribution < 1.29 is 27.2 Å². The maximum atomic E-state index is 13.3. The highest BCUT2D eigenvalue weighted by molar-refractivity contribution is 6.09. The topological polar surface area (TPSA) is 96.6 Å². The molecule has 3 aromatic rings. The average molecular weight is 456 g/mol. The third kappa shape index (κ3) is 4.64. The van der Waals surface area contributed by atoms with Gasteiger partial charge in [-0.2, -0.15) is 18.3 Å². The number of nitrogens with one attached hydrogen (secondary N) is 2. The Bertz CT molecular complexity index is 1230. The van der Waals surface area contributed by atoms with Gasteiger partial charge in [0.15, 0.2) is 5.76 Å². The van der Waals surface area contributed by atoms with Gasteiger partial charge in [-0.1, -0.05) is 12.1 Å². The molecular weight excluding hydrogens is 437 g/mol. The molecule has 1 aromatic carbocycles. The van der Waals surface area contributed by atoms with Crippen LogP contribution >= 0.6 is 0 Å². The van der Waals surface area contributed by atoms with Gasteiger partial charge in [-0.25, -0.2) is 5.43 Å². The number of carbonyl (C=O) groups excluding carboxylic acids is 2. The van der Waals surface area contributed by atoms with E-state index in [1.54, 1.807) is 19.1 Å². The van der Waals surface area contributed by atoms with Crippen LogP contribution in [0.5, 0.6) is 0 Å². The van der Waals surface area contributed by atoms with Gasteiger partial charge < -0.3 is 9.73 Å². The fraction of sp³-hybridized carbons (Fsp3) is 0.217. The molecule has 7 nitrogen and oxygen atoms in total. The summed E-state index contributed by atoms with van der Waals surface area (Å²) in [6, 6.07) is 7.82. The van der Waals surface area contributed by atoms with Crippen molar-refractivity contribution in [2.75, 3.05) is 5.32 Å². The van der Waals surface area contributed by atoms with E-state index in [-0.39, 0.29) is 11.4 Å². The van der Waals surface area contributed by atoms with E-state index < -0.39 is 23.6 Å². The lowest BCUT2D eigenvalue weighted by atomic mass is 9.93. The number of furan rings is 1. The molecule has 170 valence electrons. The van der Waals surface area contributed by atoms with E-state index >= 15 is 0 Å². The number of nitrogens with zero attached hydrogens (tertiary/aromatic N) is 2. The number of hydrogen-bond donors (Lipinski definition) is 2. The monoisotopic (exact) mass is 456 g/mol. The van der Waals surface area contributed by atoms with Crippen molar-refractivity contribution in [3.05, 3.63) is 82.6 Å². The van der Waals surface area contributed by atoms with Crippen LogP contribution in [0, 0.1) is 6.92 Å². The van der Waals surface area contributed by atoms with Crippen molar-refractivity contribution in [2.24, 2.45) is 5.10 Å². The first-order valence-corrected chi connectivity index (χ1v) is 10.1. The Morgan fingerprint density at radius 2 is 1.79 bits per heavy atom. The molecule has 0 bridgehead atoms. The van der Waals surface area contributed by atoms with Crippen molar-refractivity contribution in [2.45, 2.75) is 32.4 Å². The van der Waals surface area contributed by atoms with Gasteiger partial charge in [-0.15, -0.1) is 0 Å². The van der Waals surface area contributed by atoms with E-state index in [4.69, 9.17) is 4.42 Å². The third-order valence-electron chi connectivity index (χ3n) is 5.25. The number of carbonyl (C=O) groups is 2. The zero-order chi connectivity index (χ0) is 23.6. The van der Waals surface area contributed by atoms with Crippen molar-refractivity contribution in [1.82, 2.24) is 10.4 Å². The number of amides is 2. The average Bonchev–Trinajstić information content (AvgIpc) is 3.15. The van der Waals surface area contributed by atoms with E-state index in [0.717, 1.165) is 6.07 Å². The van der Waals surface area contributed by atoms with Gasteiger partial charge in [0.25, 0.3) is 11.8 Å².